The van der Waals surface area contributed by atoms with E-state index in [0.717, 1.165) is 11.4 Å². The summed E-state index contributed by atoms with van der Waals surface area (Å²) < 4.78 is 0. The summed E-state index contributed by atoms with van der Waals surface area (Å²) in [6.45, 7) is 6.15. The van der Waals surface area contributed by atoms with Crippen LogP contribution in [-0.4, -0.2) is 12.8 Å². The average molecular weight is 141 g/mol. The Morgan fingerprint density at radius 1 is 1.50 bits per heavy atom. The quantitative estimate of drug-likeness (QED) is 0.507. The van der Waals surface area contributed by atoms with E-state index in [1.807, 2.05) is 20.0 Å². The summed E-state index contributed by atoms with van der Waals surface area (Å²) in [5.74, 6) is 0.434. The van der Waals surface area contributed by atoms with E-state index in [1.165, 1.54) is 0 Å². The van der Waals surface area contributed by atoms with Crippen LogP contribution in [0.5, 0.6) is 0 Å². The Bertz CT molecular complexity index is 155. The molecule has 0 amide bonds. The summed E-state index contributed by atoms with van der Waals surface area (Å²) in [6.07, 6.45) is 1.96. The molecule has 0 aliphatic heterocycles. The van der Waals surface area contributed by atoms with Gasteiger partial charge in [0, 0.05) is 18.7 Å². The van der Waals surface area contributed by atoms with Crippen molar-refractivity contribution >= 4 is 5.71 Å². The van der Waals surface area contributed by atoms with E-state index in [-0.39, 0.29) is 0 Å². The number of nitrogens with one attached hydrogen (secondary N) is 1. The highest BCUT2D eigenvalue weighted by molar-refractivity contribution is 5.88. The molecule has 0 saturated heterocycles. The molecule has 0 aromatic heterocycles. The lowest BCUT2D eigenvalue weighted by Crippen LogP contribution is -2.66. The smallest absolute Gasteiger partial charge is 0.172 e. The normalized spacial score (nSPS) is 14.5. The Morgan fingerprint density at radius 2 is 2.00 bits per heavy atom. The van der Waals surface area contributed by atoms with Gasteiger partial charge < -0.3 is 5.73 Å². The van der Waals surface area contributed by atoms with Crippen LogP contribution in [0.15, 0.2) is 11.8 Å². The molecule has 10 heavy (non-hydrogen) atoms. The molecule has 0 aliphatic carbocycles. The summed E-state index contributed by atoms with van der Waals surface area (Å²) in [5, 5.41) is 0. The molecule has 3 N–H and O–H groups in total. The molecule has 0 fully saturated rings. The van der Waals surface area contributed by atoms with Gasteiger partial charge in [-0.3, -0.25) is 0 Å². The van der Waals surface area contributed by atoms with Gasteiger partial charge in [0.05, 0.1) is 0 Å². The predicted molar refractivity (Wildman–Crippen MR) is 44.7 cm³/mol. The van der Waals surface area contributed by atoms with Gasteiger partial charge in [-0.1, -0.05) is 13.8 Å². The molecule has 0 aliphatic rings. The van der Waals surface area contributed by atoms with Crippen molar-refractivity contribution in [3.05, 3.63) is 11.8 Å². The second-order valence-electron chi connectivity index (χ2n) is 2.73. The second-order valence-corrected chi connectivity index (χ2v) is 2.73. The molecule has 0 spiro atoms. The molecule has 2 nitrogen and oxygen atoms in total. The maximum absolute atomic E-state index is 5.69. The van der Waals surface area contributed by atoms with Crippen LogP contribution in [0.4, 0.5) is 0 Å². The Labute approximate surface area is 62.8 Å². The third-order valence-electron chi connectivity index (χ3n) is 1.44. The van der Waals surface area contributed by atoms with E-state index in [4.69, 9.17) is 5.73 Å². The summed E-state index contributed by atoms with van der Waals surface area (Å²) in [6, 6.07) is 0. The monoisotopic (exact) mass is 141 g/mol. The zero-order valence-electron chi connectivity index (χ0n) is 7.23. The first-order chi connectivity index (χ1) is 4.57. The molecular weight excluding hydrogens is 124 g/mol. The highest BCUT2D eigenvalue weighted by atomic mass is 14.7. The lowest BCUT2D eigenvalue weighted by atomic mass is 10.1. The first kappa shape index (κ1) is 9.21. The van der Waals surface area contributed by atoms with Crippen molar-refractivity contribution in [2.45, 2.75) is 20.8 Å². The van der Waals surface area contributed by atoms with Crippen LogP contribution in [0, 0.1) is 5.92 Å². The largest absolute Gasteiger partial charge is 0.402 e. The van der Waals surface area contributed by atoms with Crippen molar-refractivity contribution in [2.75, 3.05) is 7.05 Å². The zero-order valence-corrected chi connectivity index (χ0v) is 7.23. The molecule has 0 rings (SSSR count). The Morgan fingerprint density at radius 3 is 2.30 bits per heavy atom. The van der Waals surface area contributed by atoms with E-state index in [1.54, 1.807) is 0 Å². The van der Waals surface area contributed by atoms with Gasteiger partial charge in [-0.25, -0.2) is 4.99 Å². The topological polar surface area (TPSA) is 40.0 Å². The van der Waals surface area contributed by atoms with Crippen molar-refractivity contribution in [3.8, 4) is 0 Å². The van der Waals surface area contributed by atoms with Gasteiger partial charge in [0.1, 0.15) is 7.05 Å². The molecule has 0 bridgehead atoms. The lowest BCUT2D eigenvalue weighted by molar-refractivity contribution is -0.419. The highest BCUT2D eigenvalue weighted by Gasteiger charge is 1.98. The standard InChI is InChI=1S/C8H16N2/c1-6(2)8(9)5-7(3)10-4/h5-6H,9H2,1-4H3/p+1. The maximum Gasteiger partial charge on any atom is 0.172 e. The summed E-state index contributed by atoms with van der Waals surface area (Å²) in [4.78, 5) is 3.01. The summed E-state index contributed by atoms with van der Waals surface area (Å²) >= 11 is 0. The van der Waals surface area contributed by atoms with E-state index in [0.29, 0.717) is 5.92 Å². The van der Waals surface area contributed by atoms with Gasteiger partial charge in [-0.15, -0.1) is 0 Å². The SMILES string of the molecule is C[NH+]=C(C)C=C(N)C(C)C. The Balaban J connectivity index is 4.17. The number of rotatable bonds is 2. The first-order valence-corrected chi connectivity index (χ1v) is 3.56. The average Bonchev–Trinajstić information content (AvgIpc) is 1.87. The highest BCUT2D eigenvalue weighted by Crippen LogP contribution is 2.00. The van der Waals surface area contributed by atoms with Crippen LogP contribution in [0.3, 0.4) is 0 Å². The lowest BCUT2D eigenvalue weighted by Gasteiger charge is -2.01. The van der Waals surface area contributed by atoms with Crippen LogP contribution in [0.25, 0.3) is 0 Å². The molecule has 0 aromatic carbocycles. The van der Waals surface area contributed by atoms with Crippen LogP contribution in [0.1, 0.15) is 20.8 Å². The molecule has 2 heteroatoms. The molecule has 0 saturated carbocycles. The minimum absolute atomic E-state index is 0.434. The van der Waals surface area contributed by atoms with Gasteiger partial charge >= 0.3 is 0 Å². The second kappa shape index (κ2) is 4.09. The van der Waals surface area contributed by atoms with E-state index in [9.17, 15) is 0 Å². The van der Waals surface area contributed by atoms with E-state index < -0.39 is 0 Å². The van der Waals surface area contributed by atoms with Gasteiger partial charge in [-0.2, -0.15) is 0 Å². The summed E-state index contributed by atoms with van der Waals surface area (Å²) in [5.41, 5.74) is 7.72. The van der Waals surface area contributed by atoms with Gasteiger partial charge in [-0.05, 0) is 5.92 Å². The molecule has 0 unspecified atom stereocenters. The number of allylic oxidation sites excluding steroid dienone is 2. The number of hydrogen-bond donors (Lipinski definition) is 2. The van der Waals surface area contributed by atoms with Gasteiger partial charge in [0.15, 0.2) is 5.71 Å². The third-order valence-corrected chi connectivity index (χ3v) is 1.44. The molecule has 0 heterocycles. The van der Waals surface area contributed by atoms with Gasteiger partial charge in [0.2, 0.25) is 0 Å². The number of nitrogens with two attached hydrogens (primary N) is 1. The van der Waals surface area contributed by atoms with Crippen molar-refractivity contribution in [2.24, 2.45) is 11.7 Å². The van der Waals surface area contributed by atoms with Crippen molar-refractivity contribution in [1.82, 2.24) is 0 Å². The van der Waals surface area contributed by atoms with Crippen LogP contribution < -0.4 is 10.7 Å². The van der Waals surface area contributed by atoms with Gasteiger partial charge in [0.25, 0.3) is 0 Å². The minimum atomic E-state index is 0.434. The van der Waals surface area contributed by atoms with Crippen molar-refractivity contribution in [3.63, 3.8) is 0 Å². The first-order valence-electron chi connectivity index (χ1n) is 3.56. The molecule has 0 atom stereocenters. The Kier molecular flexibility index (Phi) is 3.77. The van der Waals surface area contributed by atoms with E-state index in [2.05, 4.69) is 18.8 Å². The van der Waals surface area contributed by atoms with Crippen LogP contribution in [-0.2, 0) is 0 Å². The third kappa shape index (κ3) is 3.28. The predicted octanol–water partition coefficient (Wildman–Crippen LogP) is -0.344. The van der Waals surface area contributed by atoms with Crippen molar-refractivity contribution in [1.29, 1.82) is 0 Å². The van der Waals surface area contributed by atoms with E-state index >= 15 is 0 Å². The molecule has 0 aromatic rings. The fraction of sp³-hybridized carbons (Fsp3) is 0.625. The molecule has 0 radical (unpaired) electrons. The zero-order chi connectivity index (χ0) is 8.15. The fourth-order valence-corrected chi connectivity index (χ4v) is 0.489. The summed E-state index contributed by atoms with van der Waals surface area (Å²) in [7, 11) is 1.89. The minimum Gasteiger partial charge on any atom is -0.402 e. The molecule has 58 valence electrons. The maximum atomic E-state index is 5.69. The number of hydrogen-bond acceptors (Lipinski definition) is 1. The van der Waals surface area contributed by atoms with Crippen LogP contribution >= 0.6 is 0 Å². The fourth-order valence-electron chi connectivity index (χ4n) is 0.489. The van der Waals surface area contributed by atoms with Crippen LogP contribution in [0.2, 0.25) is 0 Å². The molecular formula is C8H17N2+. The Hall–Kier alpha value is -0.790. The van der Waals surface area contributed by atoms with Crippen molar-refractivity contribution < 1.29 is 4.99 Å².